The molecule has 1 aromatic carbocycles. The maximum absolute atomic E-state index is 12.6. The zero-order valence-corrected chi connectivity index (χ0v) is 10.7. The number of hydrogen-bond donors (Lipinski definition) is 1. The molecule has 2 rings (SSSR count). The lowest BCUT2D eigenvalue weighted by Gasteiger charge is -2.09. The van der Waals surface area contributed by atoms with E-state index in [2.05, 4.69) is 10.3 Å². The van der Waals surface area contributed by atoms with Crippen molar-refractivity contribution in [2.45, 2.75) is 20.0 Å². The second-order valence-electron chi connectivity index (χ2n) is 4.18. The van der Waals surface area contributed by atoms with Gasteiger partial charge in [0.1, 0.15) is 0 Å². The van der Waals surface area contributed by atoms with Crippen molar-refractivity contribution >= 4 is 11.6 Å². The minimum atomic E-state index is -4.46. The SMILES string of the molecule is Cc1nc(C)c(C(=O)Nc2cccc(C(F)(F)F)c2)o1. The van der Waals surface area contributed by atoms with Gasteiger partial charge in [-0.15, -0.1) is 0 Å². The maximum atomic E-state index is 12.6. The number of carbonyl (C=O) groups is 1. The summed E-state index contributed by atoms with van der Waals surface area (Å²) in [7, 11) is 0. The molecule has 0 unspecified atom stereocenters. The first-order valence-electron chi connectivity index (χ1n) is 5.70. The topological polar surface area (TPSA) is 55.1 Å². The first-order valence-corrected chi connectivity index (χ1v) is 5.70. The van der Waals surface area contributed by atoms with Crippen LogP contribution in [0.5, 0.6) is 0 Å². The van der Waals surface area contributed by atoms with Crippen LogP contribution in [-0.4, -0.2) is 10.9 Å². The number of alkyl halides is 3. The van der Waals surface area contributed by atoms with Crippen molar-refractivity contribution in [1.82, 2.24) is 4.98 Å². The molecular formula is C13H11F3N2O2. The highest BCUT2D eigenvalue weighted by Crippen LogP contribution is 2.30. The van der Waals surface area contributed by atoms with Gasteiger partial charge in [0, 0.05) is 12.6 Å². The summed E-state index contributed by atoms with van der Waals surface area (Å²) < 4.78 is 42.8. The fourth-order valence-electron chi connectivity index (χ4n) is 1.70. The molecule has 0 fully saturated rings. The van der Waals surface area contributed by atoms with E-state index in [1.165, 1.54) is 12.1 Å². The molecule has 4 nitrogen and oxygen atoms in total. The van der Waals surface area contributed by atoms with Crippen molar-refractivity contribution in [3.05, 3.63) is 47.2 Å². The highest BCUT2D eigenvalue weighted by Gasteiger charge is 2.30. The zero-order chi connectivity index (χ0) is 14.9. The van der Waals surface area contributed by atoms with Crippen LogP contribution in [0.2, 0.25) is 0 Å². The molecule has 1 aromatic heterocycles. The molecule has 0 aliphatic heterocycles. The number of oxazole rings is 1. The first kappa shape index (κ1) is 14.1. The van der Waals surface area contributed by atoms with Gasteiger partial charge in [-0.05, 0) is 25.1 Å². The molecule has 0 atom stereocenters. The van der Waals surface area contributed by atoms with Crippen molar-refractivity contribution in [2.75, 3.05) is 5.32 Å². The van der Waals surface area contributed by atoms with Gasteiger partial charge in [-0.3, -0.25) is 4.79 Å². The lowest BCUT2D eigenvalue weighted by molar-refractivity contribution is -0.137. The summed E-state index contributed by atoms with van der Waals surface area (Å²) in [5.41, 5.74) is -0.411. The first-order chi connectivity index (χ1) is 9.27. The number of aryl methyl sites for hydroxylation is 2. The van der Waals surface area contributed by atoms with E-state index in [1.807, 2.05) is 0 Å². The van der Waals surface area contributed by atoms with E-state index in [0.717, 1.165) is 12.1 Å². The number of benzene rings is 1. The lowest BCUT2D eigenvalue weighted by Crippen LogP contribution is -2.13. The monoisotopic (exact) mass is 284 g/mol. The van der Waals surface area contributed by atoms with Crippen molar-refractivity contribution in [2.24, 2.45) is 0 Å². The van der Waals surface area contributed by atoms with Crippen LogP contribution < -0.4 is 5.32 Å². The van der Waals surface area contributed by atoms with Crippen LogP contribution in [-0.2, 0) is 6.18 Å². The van der Waals surface area contributed by atoms with Crippen LogP contribution in [0, 0.1) is 13.8 Å². The van der Waals surface area contributed by atoms with E-state index in [1.54, 1.807) is 13.8 Å². The number of nitrogens with zero attached hydrogens (tertiary/aromatic N) is 1. The Morgan fingerprint density at radius 3 is 2.55 bits per heavy atom. The third-order valence-corrected chi connectivity index (χ3v) is 2.56. The fraction of sp³-hybridized carbons (Fsp3) is 0.231. The van der Waals surface area contributed by atoms with E-state index in [4.69, 9.17) is 4.42 Å². The smallest absolute Gasteiger partial charge is 0.416 e. The minimum Gasteiger partial charge on any atom is -0.436 e. The third kappa shape index (κ3) is 2.98. The summed E-state index contributed by atoms with van der Waals surface area (Å²) in [5.74, 6) is -0.334. The lowest BCUT2D eigenvalue weighted by atomic mass is 10.2. The van der Waals surface area contributed by atoms with Gasteiger partial charge in [-0.2, -0.15) is 13.2 Å². The number of aromatic nitrogens is 1. The number of rotatable bonds is 2. The van der Waals surface area contributed by atoms with Gasteiger partial charge in [0.2, 0.25) is 5.76 Å². The van der Waals surface area contributed by atoms with Crippen LogP contribution in [0.4, 0.5) is 18.9 Å². The molecule has 0 aliphatic carbocycles. The summed E-state index contributed by atoms with van der Waals surface area (Å²) >= 11 is 0. The molecule has 2 aromatic rings. The van der Waals surface area contributed by atoms with Crippen LogP contribution >= 0.6 is 0 Å². The third-order valence-electron chi connectivity index (χ3n) is 2.56. The number of nitrogens with one attached hydrogen (secondary N) is 1. The predicted octanol–water partition coefficient (Wildman–Crippen LogP) is 3.56. The number of carbonyl (C=O) groups excluding carboxylic acids is 1. The van der Waals surface area contributed by atoms with Gasteiger partial charge in [-0.25, -0.2) is 4.98 Å². The van der Waals surface area contributed by atoms with Crippen molar-refractivity contribution < 1.29 is 22.4 Å². The van der Waals surface area contributed by atoms with E-state index >= 15 is 0 Å². The molecule has 20 heavy (non-hydrogen) atoms. The van der Waals surface area contributed by atoms with Crippen LogP contribution in [0.1, 0.15) is 27.7 Å². The van der Waals surface area contributed by atoms with E-state index in [9.17, 15) is 18.0 Å². The maximum Gasteiger partial charge on any atom is 0.416 e. The number of anilines is 1. The molecule has 0 saturated carbocycles. The number of amides is 1. The average Bonchev–Trinajstić information content (AvgIpc) is 2.68. The second kappa shape index (κ2) is 4.99. The Hall–Kier alpha value is -2.31. The van der Waals surface area contributed by atoms with Gasteiger partial charge in [-0.1, -0.05) is 6.07 Å². The average molecular weight is 284 g/mol. The van der Waals surface area contributed by atoms with Crippen molar-refractivity contribution in [3.8, 4) is 0 Å². The predicted molar refractivity (Wildman–Crippen MR) is 65.4 cm³/mol. The van der Waals surface area contributed by atoms with Gasteiger partial charge in [0.05, 0.1) is 11.3 Å². The molecule has 0 aliphatic rings. The van der Waals surface area contributed by atoms with Gasteiger partial charge >= 0.3 is 6.18 Å². The quantitative estimate of drug-likeness (QED) is 0.917. The molecule has 1 amide bonds. The van der Waals surface area contributed by atoms with Crippen LogP contribution in [0.15, 0.2) is 28.7 Å². The summed E-state index contributed by atoms with van der Waals surface area (Å²) in [6, 6.07) is 4.37. The van der Waals surface area contributed by atoms with E-state index in [0.29, 0.717) is 11.6 Å². The Labute approximate surface area is 112 Å². The molecular weight excluding hydrogens is 273 g/mol. The summed E-state index contributed by atoms with van der Waals surface area (Å²) in [6.45, 7) is 3.16. The van der Waals surface area contributed by atoms with Crippen molar-refractivity contribution in [3.63, 3.8) is 0 Å². The second-order valence-corrected chi connectivity index (χ2v) is 4.18. The summed E-state index contributed by atoms with van der Waals surface area (Å²) in [4.78, 5) is 15.8. The summed E-state index contributed by atoms with van der Waals surface area (Å²) in [6.07, 6.45) is -4.46. The molecule has 0 spiro atoms. The molecule has 1 N–H and O–H groups in total. The van der Waals surface area contributed by atoms with Crippen molar-refractivity contribution in [1.29, 1.82) is 0 Å². The molecule has 0 bridgehead atoms. The van der Waals surface area contributed by atoms with Gasteiger partial charge in [0.15, 0.2) is 5.89 Å². The molecule has 1 heterocycles. The highest BCUT2D eigenvalue weighted by atomic mass is 19.4. The molecule has 7 heteroatoms. The summed E-state index contributed by atoms with van der Waals surface area (Å²) in [5, 5.41) is 2.35. The van der Waals surface area contributed by atoms with E-state index < -0.39 is 17.6 Å². The minimum absolute atomic E-state index is 0.0140. The number of halogens is 3. The Morgan fingerprint density at radius 1 is 1.30 bits per heavy atom. The van der Waals surface area contributed by atoms with E-state index in [-0.39, 0.29) is 11.4 Å². The normalized spacial score (nSPS) is 11.4. The van der Waals surface area contributed by atoms with Crippen LogP contribution in [0.3, 0.4) is 0 Å². The van der Waals surface area contributed by atoms with Gasteiger partial charge in [0.25, 0.3) is 5.91 Å². The molecule has 0 saturated heterocycles. The Balaban J connectivity index is 2.22. The molecule has 106 valence electrons. The Bertz CT molecular complexity index is 647. The zero-order valence-electron chi connectivity index (χ0n) is 10.7. The largest absolute Gasteiger partial charge is 0.436 e. The Morgan fingerprint density at radius 2 is 2.00 bits per heavy atom. The molecule has 0 radical (unpaired) electrons. The Kier molecular flexibility index (Phi) is 3.52. The van der Waals surface area contributed by atoms with Crippen LogP contribution in [0.25, 0.3) is 0 Å². The highest BCUT2D eigenvalue weighted by molar-refractivity contribution is 6.02. The number of hydrogen-bond acceptors (Lipinski definition) is 3. The standard InChI is InChI=1S/C13H11F3N2O2/c1-7-11(20-8(2)17-7)12(19)18-10-5-3-4-9(6-10)13(14,15)16/h3-6H,1-2H3,(H,18,19). The fourth-order valence-corrected chi connectivity index (χ4v) is 1.70. The van der Waals surface area contributed by atoms with Gasteiger partial charge < -0.3 is 9.73 Å².